The van der Waals surface area contributed by atoms with Gasteiger partial charge in [-0.15, -0.1) is 0 Å². The molecule has 0 aromatic rings. The second-order valence-corrected chi connectivity index (χ2v) is 13.6. The Hall–Kier alpha value is -1.10. The van der Waals surface area contributed by atoms with Gasteiger partial charge in [-0.25, -0.2) is 9.36 Å². The molecule has 10 nitrogen and oxygen atoms in total. The molecule has 12 heteroatoms. The number of aliphatic hydroxyl groups is 1. The maximum atomic E-state index is 12.5. The first-order valence-electron chi connectivity index (χ1n) is 15.2. The average molecular weight is 606 g/mol. The quantitative estimate of drug-likeness (QED) is 0.0415. The zero-order valence-electron chi connectivity index (χ0n) is 24.1. The third-order valence-corrected chi connectivity index (χ3v) is 9.56. The molecule has 0 bridgehead atoms. The van der Waals surface area contributed by atoms with E-state index < -0.39 is 26.6 Å². The fourth-order valence-corrected chi connectivity index (χ4v) is 7.15. The fourth-order valence-electron chi connectivity index (χ4n) is 5.25. The van der Waals surface area contributed by atoms with Gasteiger partial charge in [-0.3, -0.25) is 9.32 Å². The smallest absolute Gasteiger partial charge is 0.387 e. The third kappa shape index (κ3) is 15.2. The van der Waals surface area contributed by atoms with Crippen LogP contribution in [0.15, 0.2) is 12.2 Å². The number of amides is 3. The van der Waals surface area contributed by atoms with Crippen LogP contribution in [0.25, 0.3) is 0 Å². The molecule has 2 aliphatic heterocycles. The minimum Gasteiger partial charge on any atom is -0.387 e. The number of fused-ring (bicyclic) bond motifs is 1. The molecule has 2 fully saturated rings. The monoisotopic (exact) mass is 605 g/mol. The van der Waals surface area contributed by atoms with Crippen molar-refractivity contribution >= 4 is 31.5 Å². The van der Waals surface area contributed by atoms with Gasteiger partial charge in [-0.2, -0.15) is 11.8 Å². The number of unbranched alkanes of at least 4 members (excludes halogenated alkanes) is 12. The summed E-state index contributed by atoms with van der Waals surface area (Å²) in [6.45, 7) is 1.74. The summed E-state index contributed by atoms with van der Waals surface area (Å²) in [5, 5.41) is 19.5. The first-order valence-corrected chi connectivity index (χ1v) is 17.8. The van der Waals surface area contributed by atoms with Crippen LogP contribution >= 0.6 is 19.6 Å². The highest BCUT2D eigenvalue weighted by Crippen LogP contribution is 2.36. The number of carbonyl (C=O) groups excluding carboxylic acids is 2. The van der Waals surface area contributed by atoms with Crippen molar-refractivity contribution in [1.29, 1.82) is 0 Å². The summed E-state index contributed by atoms with van der Waals surface area (Å²) in [6.07, 6.45) is 19.5. The topological polar surface area (TPSA) is 157 Å². The molecule has 5 atom stereocenters. The highest BCUT2D eigenvalue weighted by Gasteiger charge is 2.42. The van der Waals surface area contributed by atoms with E-state index in [1.807, 2.05) is 17.8 Å². The molecule has 0 spiro atoms. The van der Waals surface area contributed by atoms with E-state index in [1.54, 1.807) is 6.08 Å². The maximum absolute atomic E-state index is 12.5. The van der Waals surface area contributed by atoms with Gasteiger partial charge in [-0.05, 0) is 25.7 Å². The van der Waals surface area contributed by atoms with Crippen molar-refractivity contribution in [2.75, 3.05) is 12.4 Å². The summed E-state index contributed by atoms with van der Waals surface area (Å²) < 4.78 is 15.8. The predicted molar refractivity (Wildman–Crippen MR) is 160 cm³/mol. The van der Waals surface area contributed by atoms with Crippen molar-refractivity contribution < 1.29 is 33.6 Å². The summed E-state index contributed by atoms with van der Waals surface area (Å²) >= 11 is 1.83. The zero-order valence-corrected chi connectivity index (χ0v) is 25.8. The van der Waals surface area contributed by atoms with Crippen LogP contribution in [-0.2, 0) is 13.9 Å². The van der Waals surface area contributed by atoms with Crippen LogP contribution in [0.1, 0.15) is 110 Å². The highest BCUT2D eigenvalue weighted by atomic mass is 32.2. The van der Waals surface area contributed by atoms with Gasteiger partial charge in [0, 0.05) is 17.4 Å². The lowest BCUT2D eigenvalue weighted by atomic mass is 10.0. The summed E-state index contributed by atoms with van der Waals surface area (Å²) in [4.78, 5) is 42.2. The molecule has 6 N–H and O–H groups in total. The molecular formula is C28H52N3O7PS. The molecule has 3 amide bonds. The van der Waals surface area contributed by atoms with E-state index in [4.69, 9.17) is 9.79 Å². The molecule has 0 aromatic heterocycles. The number of hydrogen-bond acceptors (Lipinski definition) is 6. The predicted octanol–water partition coefficient (Wildman–Crippen LogP) is 4.92. The number of nitrogens with one attached hydrogen (secondary N) is 3. The number of phosphoric ester groups is 1. The number of phosphoric acid groups is 1. The Kier molecular flexibility index (Phi) is 17.5. The Morgan fingerprint density at radius 2 is 1.70 bits per heavy atom. The standard InChI is InChI=1S/C28H52N3O7PS/c1-2-3-4-5-6-7-8-9-10-11-12-13-14-17-24(32)22(20-38-39(35,36)37)29-26(33)19-16-15-18-25-27-23(21-40-25)30-28(34)31-27/h14,17,22-25,27,32H,2-13,15-16,18-21H2,1H3,(H,29,33)(H2,30,31,34)(H2,35,36,37)/b17-14+/t22?,23-,24+,25-,27-/m0/s1. The first kappa shape index (κ1) is 35.1. The number of aliphatic hydroxyl groups excluding tert-OH is 1. The lowest BCUT2D eigenvalue weighted by molar-refractivity contribution is -0.123. The normalized spacial score (nSPS) is 22.2. The zero-order chi connectivity index (χ0) is 29.2. The van der Waals surface area contributed by atoms with Gasteiger partial charge in [0.25, 0.3) is 0 Å². The van der Waals surface area contributed by atoms with Crippen LogP contribution in [0.5, 0.6) is 0 Å². The third-order valence-electron chi connectivity index (χ3n) is 7.57. The van der Waals surface area contributed by atoms with Gasteiger partial charge in [0.15, 0.2) is 0 Å². The van der Waals surface area contributed by atoms with Crippen molar-refractivity contribution in [1.82, 2.24) is 16.0 Å². The lowest BCUT2D eigenvalue weighted by Crippen LogP contribution is -2.45. The average Bonchev–Trinajstić information content (AvgIpc) is 3.45. The van der Waals surface area contributed by atoms with Crippen molar-refractivity contribution in [3.8, 4) is 0 Å². The molecule has 2 aliphatic rings. The molecule has 0 radical (unpaired) electrons. The molecule has 0 saturated carbocycles. The molecule has 0 aromatic carbocycles. The molecule has 232 valence electrons. The van der Waals surface area contributed by atoms with Gasteiger partial charge in [0.1, 0.15) is 0 Å². The van der Waals surface area contributed by atoms with Crippen molar-refractivity contribution in [3.63, 3.8) is 0 Å². The van der Waals surface area contributed by atoms with Gasteiger partial charge in [-0.1, -0.05) is 89.7 Å². The Balaban J connectivity index is 1.61. The van der Waals surface area contributed by atoms with E-state index in [2.05, 4.69) is 27.4 Å². The summed E-state index contributed by atoms with van der Waals surface area (Å²) in [5.41, 5.74) is 0. The van der Waals surface area contributed by atoms with E-state index in [1.165, 1.54) is 57.8 Å². The molecule has 40 heavy (non-hydrogen) atoms. The number of allylic oxidation sites excluding steroid dienone is 1. The van der Waals surface area contributed by atoms with Crippen LogP contribution in [0.2, 0.25) is 0 Å². The Bertz CT molecular complexity index is 813. The largest absolute Gasteiger partial charge is 0.469 e. The van der Waals surface area contributed by atoms with Crippen molar-refractivity contribution in [3.05, 3.63) is 12.2 Å². The Labute approximate surface area is 244 Å². The SMILES string of the molecule is CCCCCCCCCCCCC/C=C/[C@@H](O)C(COP(=O)(O)O)NC(=O)CCCC[C@@H]1SC[C@@H]2NC(=O)N[C@@H]21. The minimum absolute atomic E-state index is 0.116. The van der Waals surface area contributed by atoms with E-state index in [0.717, 1.165) is 37.9 Å². The number of thioether (sulfide) groups is 1. The molecule has 2 heterocycles. The number of hydrogen-bond donors (Lipinski definition) is 6. The Morgan fingerprint density at radius 1 is 1.05 bits per heavy atom. The van der Waals surface area contributed by atoms with Crippen molar-refractivity contribution in [2.24, 2.45) is 0 Å². The highest BCUT2D eigenvalue weighted by molar-refractivity contribution is 8.00. The van der Waals surface area contributed by atoms with E-state index >= 15 is 0 Å². The van der Waals surface area contributed by atoms with E-state index in [-0.39, 0.29) is 30.4 Å². The molecule has 0 aliphatic carbocycles. The van der Waals surface area contributed by atoms with Gasteiger partial charge >= 0.3 is 13.9 Å². The fraction of sp³-hybridized carbons (Fsp3) is 0.857. The molecule has 2 rings (SSSR count). The molecule has 1 unspecified atom stereocenters. The van der Waals surface area contributed by atoms with Crippen molar-refractivity contribution in [2.45, 2.75) is 139 Å². The second kappa shape index (κ2) is 19.9. The minimum atomic E-state index is -4.74. The summed E-state index contributed by atoms with van der Waals surface area (Å²) in [7, 11) is -4.74. The first-order chi connectivity index (χ1) is 19.2. The van der Waals surface area contributed by atoms with E-state index in [0.29, 0.717) is 11.7 Å². The van der Waals surface area contributed by atoms with Gasteiger partial charge in [0.05, 0.1) is 30.8 Å². The second-order valence-electron chi connectivity index (χ2n) is 11.1. The number of urea groups is 1. The van der Waals surface area contributed by atoms with E-state index in [9.17, 15) is 19.3 Å². The summed E-state index contributed by atoms with van der Waals surface area (Å²) in [6, 6.07) is -0.771. The van der Waals surface area contributed by atoms with Gasteiger partial charge in [0.2, 0.25) is 5.91 Å². The van der Waals surface area contributed by atoms with Crippen LogP contribution in [0, 0.1) is 0 Å². The van der Waals surface area contributed by atoms with Crippen LogP contribution in [-0.4, -0.2) is 68.7 Å². The van der Waals surface area contributed by atoms with Crippen LogP contribution in [0.4, 0.5) is 4.79 Å². The lowest BCUT2D eigenvalue weighted by Gasteiger charge is -2.22. The van der Waals surface area contributed by atoms with Crippen LogP contribution < -0.4 is 16.0 Å². The van der Waals surface area contributed by atoms with Crippen LogP contribution in [0.3, 0.4) is 0 Å². The van der Waals surface area contributed by atoms with Gasteiger partial charge < -0.3 is 30.8 Å². The molecular weight excluding hydrogens is 553 g/mol. The Morgan fingerprint density at radius 3 is 2.35 bits per heavy atom. The maximum Gasteiger partial charge on any atom is 0.469 e. The number of carbonyl (C=O) groups is 2. The summed E-state index contributed by atoms with van der Waals surface area (Å²) in [5.74, 6) is 0.588. The number of rotatable bonds is 23. The molecule has 2 saturated heterocycles.